The minimum atomic E-state index is 0.371. The lowest BCUT2D eigenvalue weighted by Gasteiger charge is -2.22. The van der Waals surface area contributed by atoms with E-state index in [-0.39, 0.29) is 0 Å². The highest BCUT2D eigenvalue weighted by atomic mass is 79.9. The Morgan fingerprint density at radius 2 is 1.89 bits per heavy atom. The van der Waals surface area contributed by atoms with Gasteiger partial charge in [-0.05, 0) is 56.0 Å². The molecule has 2 rings (SSSR count). The lowest BCUT2D eigenvalue weighted by atomic mass is 9.91. The molecule has 0 radical (unpaired) electrons. The lowest BCUT2D eigenvalue weighted by molar-refractivity contribution is -0.118. The van der Waals surface area contributed by atoms with Crippen LogP contribution in [0.4, 0.5) is 0 Å². The highest BCUT2D eigenvalue weighted by molar-refractivity contribution is 9.10. The molecule has 1 fully saturated rings. The van der Waals surface area contributed by atoms with E-state index in [1.165, 1.54) is 12.8 Å². The van der Waals surface area contributed by atoms with E-state index >= 15 is 0 Å². The Kier molecular flexibility index (Phi) is 5.39. The minimum Gasteiger partial charge on any atom is -0.317 e. The molecule has 0 unspecified atom stereocenters. The van der Waals surface area contributed by atoms with Crippen LogP contribution in [-0.2, 0) is 11.2 Å². The van der Waals surface area contributed by atoms with Crippen molar-refractivity contribution in [1.82, 2.24) is 5.32 Å². The van der Waals surface area contributed by atoms with E-state index < -0.39 is 0 Å². The normalized spacial score (nSPS) is 16.7. The molecular weight excluding hydrogens is 290 g/mol. The molecule has 0 spiro atoms. The van der Waals surface area contributed by atoms with Crippen LogP contribution in [0, 0.1) is 5.92 Å². The van der Waals surface area contributed by atoms with Crippen molar-refractivity contribution >= 4 is 21.7 Å². The van der Waals surface area contributed by atoms with Crippen molar-refractivity contribution in [3.8, 4) is 0 Å². The smallest absolute Gasteiger partial charge is 0.137 e. The molecule has 1 saturated heterocycles. The number of nitrogens with one attached hydrogen (secondary N) is 1. The minimum absolute atomic E-state index is 0.371. The van der Waals surface area contributed by atoms with Crippen LogP contribution >= 0.6 is 15.9 Å². The Hall–Kier alpha value is -0.670. The largest absolute Gasteiger partial charge is 0.317 e. The van der Waals surface area contributed by atoms with E-state index in [0.29, 0.717) is 12.2 Å². The van der Waals surface area contributed by atoms with Gasteiger partial charge in [-0.3, -0.25) is 4.79 Å². The summed E-state index contributed by atoms with van der Waals surface area (Å²) in [6.45, 7) is 2.23. The zero-order valence-electron chi connectivity index (χ0n) is 10.6. The number of piperidine rings is 1. The predicted molar refractivity (Wildman–Crippen MR) is 77.7 cm³/mol. The fraction of sp³-hybridized carbons (Fsp3) is 0.533. The van der Waals surface area contributed by atoms with Crippen LogP contribution < -0.4 is 5.32 Å². The van der Waals surface area contributed by atoms with Crippen molar-refractivity contribution < 1.29 is 4.79 Å². The summed E-state index contributed by atoms with van der Waals surface area (Å²) in [4.78, 5) is 11.9. The number of benzene rings is 1. The lowest BCUT2D eigenvalue weighted by Crippen LogP contribution is -2.28. The molecule has 2 nitrogen and oxygen atoms in total. The van der Waals surface area contributed by atoms with Gasteiger partial charge in [0.15, 0.2) is 0 Å². The molecular formula is C15H20BrNO. The van der Waals surface area contributed by atoms with Gasteiger partial charge in [0.05, 0.1) is 0 Å². The number of hydrogen-bond donors (Lipinski definition) is 1. The molecule has 0 amide bonds. The van der Waals surface area contributed by atoms with Gasteiger partial charge in [-0.15, -0.1) is 0 Å². The Bertz CT molecular complexity index is 382. The van der Waals surface area contributed by atoms with Gasteiger partial charge in [-0.1, -0.05) is 28.1 Å². The molecule has 18 heavy (non-hydrogen) atoms. The molecule has 0 aliphatic carbocycles. The van der Waals surface area contributed by atoms with Gasteiger partial charge in [-0.25, -0.2) is 0 Å². The third-order valence-electron chi connectivity index (χ3n) is 3.60. The van der Waals surface area contributed by atoms with Crippen molar-refractivity contribution in [2.75, 3.05) is 13.1 Å². The third-order valence-corrected chi connectivity index (χ3v) is 4.13. The SMILES string of the molecule is O=C(CCC1CCNCC1)Cc1ccc(Br)cc1. The second-order valence-corrected chi connectivity index (χ2v) is 5.99. The van der Waals surface area contributed by atoms with Crippen molar-refractivity contribution in [3.63, 3.8) is 0 Å². The predicted octanol–water partition coefficient (Wildman–Crippen LogP) is 3.34. The summed E-state index contributed by atoms with van der Waals surface area (Å²) in [5.74, 6) is 1.12. The molecule has 0 bridgehead atoms. The highest BCUT2D eigenvalue weighted by Gasteiger charge is 2.14. The number of halogens is 1. The van der Waals surface area contributed by atoms with E-state index in [0.717, 1.165) is 41.9 Å². The Morgan fingerprint density at radius 3 is 2.56 bits per heavy atom. The summed E-state index contributed by atoms with van der Waals surface area (Å²) in [6.07, 6.45) is 4.84. The summed E-state index contributed by atoms with van der Waals surface area (Å²) < 4.78 is 1.06. The van der Waals surface area contributed by atoms with E-state index in [4.69, 9.17) is 0 Å². The van der Waals surface area contributed by atoms with E-state index in [1.807, 2.05) is 24.3 Å². The second-order valence-electron chi connectivity index (χ2n) is 5.07. The quantitative estimate of drug-likeness (QED) is 0.904. The van der Waals surface area contributed by atoms with Crippen LogP contribution in [0.1, 0.15) is 31.2 Å². The Morgan fingerprint density at radius 1 is 1.22 bits per heavy atom. The molecule has 1 N–H and O–H groups in total. The molecule has 1 aliphatic heterocycles. The number of hydrogen-bond acceptors (Lipinski definition) is 2. The van der Waals surface area contributed by atoms with Crippen LogP contribution in [0.2, 0.25) is 0 Å². The number of ketones is 1. The molecule has 3 heteroatoms. The first-order chi connectivity index (χ1) is 8.74. The first-order valence-electron chi connectivity index (χ1n) is 6.71. The standard InChI is InChI=1S/C15H20BrNO/c16-14-4-1-13(2-5-14)11-15(18)6-3-12-7-9-17-10-8-12/h1-2,4-5,12,17H,3,6-11H2. The summed E-state index contributed by atoms with van der Waals surface area (Å²) >= 11 is 3.40. The van der Waals surface area contributed by atoms with Crippen LogP contribution in [0.3, 0.4) is 0 Å². The van der Waals surface area contributed by atoms with Gasteiger partial charge in [0.2, 0.25) is 0 Å². The molecule has 1 heterocycles. The van der Waals surface area contributed by atoms with Gasteiger partial charge >= 0.3 is 0 Å². The van der Waals surface area contributed by atoms with E-state index in [1.54, 1.807) is 0 Å². The molecule has 0 aromatic heterocycles. The van der Waals surface area contributed by atoms with Gasteiger partial charge in [0, 0.05) is 17.3 Å². The second kappa shape index (κ2) is 7.05. The first kappa shape index (κ1) is 13.8. The Labute approximate surface area is 117 Å². The Balaban J connectivity index is 1.73. The molecule has 1 aromatic carbocycles. The topological polar surface area (TPSA) is 29.1 Å². The highest BCUT2D eigenvalue weighted by Crippen LogP contribution is 2.18. The zero-order valence-corrected chi connectivity index (χ0v) is 12.2. The van der Waals surface area contributed by atoms with Crippen LogP contribution in [0.25, 0.3) is 0 Å². The summed E-state index contributed by atoms with van der Waals surface area (Å²) in [5.41, 5.74) is 1.12. The number of carbonyl (C=O) groups is 1. The van der Waals surface area contributed by atoms with Crippen molar-refractivity contribution in [2.45, 2.75) is 32.1 Å². The molecule has 1 aromatic rings. The van der Waals surface area contributed by atoms with E-state index in [9.17, 15) is 4.79 Å². The van der Waals surface area contributed by atoms with Crippen molar-refractivity contribution in [3.05, 3.63) is 34.3 Å². The summed E-state index contributed by atoms with van der Waals surface area (Å²) in [7, 11) is 0. The van der Waals surface area contributed by atoms with Gasteiger partial charge in [-0.2, -0.15) is 0 Å². The van der Waals surface area contributed by atoms with Gasteiger partial charge < -0.3 is 5.32 Å². The monoisotopic (exact) mass is 309 g/mol. The fourth-order valence-electron chi connectivity index (χ4n) is 2.45. The van der Waals surface area contributed by atoms with Crippen LogP contribution in [0.5, 0.6) is 0 Å². The molecule has 98 valence electrons. The van der Waals surface area contributed by atoms with Crippen molar-refractivity contribution in [1.29, 1.82) is 0 Å². The average Bonchev–Trinajstić information content (AvgIpc) is 2.40. The maximum Gasteiger partial charge on any atom is 0.137 e. The maximum atomic E-state index is 11.9. The molecule has 0 atom stereocenters. The van der Waals surface area contributed by atoms with Gasteiger partial charge in [0.1, 0.15) is 5.78 Å². The van der Waals surface area contributed by atoms with Gasteiger partial charge in [0.25, 0.3) is 0 Å². The number of carbonyl (C=O) groups excluding carboxylic acids is 1. The molecule has 1 aliphatic rings. The zero-order chi connectivity index (χ0) is 12.8. The van der Waals surface area contributed by atoms with E-state index in [2.05, 4.69) is 21.2 Å². The average molecular weight is 310 g/mol. The number of rotatable bonds is 5. The fourth-order valence-corrected chi connectivity index (χ4v) is 2.72. The molecule has 0 saturated carbocycles. The summed E-state index contributed by atoms with van der Waals surface area (Å²) in [5, 5.41) is 3.36. The van der Waals surface area contributed by atoms with Crippen LogP contribution in [0.15, 0.2) is 28.7 Å². The maximum absolute atomic E-state index is 11.9. The summed E-state index contributed by atoms with van der Waals surface area (Å²) in [6, 6.07) is 8.03. The van der Waals surface area contributed by atoms with Crippen LogP contribution in [-0.4, -0.2) is 18.9 Å². The number of Topliss-reactive ketones (excluding diaryl/α,β-unsaturated/α-hetero) is 1. The third kappa shape index (κ3) is 4.54. The van der Waals surface area contributed by atoms with Crippen molar-refractivity contribution in [2.24, 2.45) is 5.92 Å². The first-order valence-corrected chi connectivity index (χ1v) is 7.50.